The van der Waals surface area contributed by atoms with Gasteiger partial charge in [-0.25, -0.2) is 4.98 Å². The van der Waals surface area contributed by atoms with E-state index in [-0.39, 0.29) is 30.7 Å². The highest BCUT2D eigenvalue weighted by Crippen LogP contribution is 2.21. The van der Waals surface area contributed by atoms with Gasteiger partial charge in [0.2, 0.25) is 5.91 Å². The number of aromatic nitrogens is 2. The number of aromatic amines is 1. The molecule has 2 aliphatic heterocycles. The summed E-state index contributed by atoms with van der Waals surface area (Å²) in [5.74, 6) is 0.840. The quantitative estimate of drug-likeness (QED) is 0.865. The summed E-state index contributed by atoms with van der Waals surface area (Å²) < 4.78 is 0. The van der Waals surface area contributed by atoms with Gasteiger partial charge in [0.05, 0.1) is 18.4 Å². The highest BCUT2D eigenvalue weighted by Gasteiger charge is 2.29. The number of hydrogen-bond acceptors (Lipinski definition) is 3. The van der Waals surface area contributed by atoms with Crippen LogP contribution in [-0.4, -0.2) is 46.5 Å². The van der Waals surface area contributed by atoms with Crippen molar-refractivity contribution in [3.63, 3.8) is 0 Å². The van der Waals surface area contributed by atoms with Crippen molar-refractivity contribution >= 4 is 30.7 Å². The van der Waals surface area contributed by atoms with Crippen LogP contribution < -0.4 is 5.32 Å². The molecular weight excluding hydrogens is 311 g/mol. The molecule has 0 radical (unpaired) electrons. The minimum atomic E-state index is 0. The van der Waals surface area contributed by atoms with Gasteiger partial charge in [-0.05, 0) is 32.2 Å². The van der Waals surface area contributed by atoms with Gasteiger partial charge >= 0.3 is 0 Å². The fourth-order valence-electron chi connectivity index (χ4n) is 3.18. The van der Waals surface area contributed by atoms with Gasteiger partial charge in [0.25, 0.3) is 0 Å². The number of imidazole rings is 1. The molecule has 2 aliphatic rings. The zero-order valence-electron chi connectivity index (χ0n) is 12.3. The SMILES string of the molecule is Cc1[nH]cnc1CC(=O)N1C[C@H]2CCC[C@@H](C1)NC2.Cl.Cl. The number of hydrogen-bond donors (Lipinski definition) is 2. The Bertz CT molecular complexity index is 452. The van der Waals surface area contributed by atoms with Crippen molar-refractivity contribution in [1.29, 1.82) is 0 Å². The third-order valence-corrected chi connectivity index (χ3v) is 4.39. The number of aryl methyl sites for hydroxylation is 1. The van der Waals surface area contributed by atoms with Crippen LogP contribution >= 0.6 is 24.8 Å². The molecule has 0 aliphatic carbocycles. The minimum absolute atomic E-state index is 0. The number of carbonyl (C=O) groups excluding carboxylic acids is 1. The Morgan fingerprint density at radius 2 is 2.19 bits per heavy atom. The predicted octanol–water partition coefficient (Wildman–Crippen LogP) is 1.70. The van der Waals surface area contributed by atoms with E-state index < -0.39 is 0 Å². The normalized spacial score (nSPS) is 24.5. The minimum Gasteiger partial charge on any atom is -0.348 e. The summed E-state index contributed by atoms with van der Waals surface area (Å²) in [6, 6.07) is 0.483. The van der Waals surface area contributed by atoms with Gasteiger partial charge in [-0.3, -0.25) is 4.79 Å². The van der Waals surface area contributed by atoms with E-state index in [1.165, 1.54) is 19.3 Å². The maximum absolute atomic E-state index is 12.4. The summed E-state index contributed by atoms with van der Waals surface area (Å²) in [5, 5.41) is 3.58. The maximum Gasteiger partial charge on any atom is 0.228 e. The Hall–Kier alpha value is -0.780. The van der Waals surface area contributed by atoms with E-state index in [9.17, 15) is 4.79 Å². The van der Waals surface area contributed by atoms with Crippen LogP contribution in [0.25, 0.3) is 0 Å². The second-order valence-electron chi connectivity index (χ2n) is 5.85. The number of nitrogens with one attached hydrogen (secondary N) is 2. The van der Waals surface area contributed by atoms with Gasteiger partial charge in [-0.2, -0.15) is 0 Å². The molecule has 0 unspecified atom stereocenters. The largest absolute Gasteiger partial charge is 0.348 e. The first-order valence-electron chi connectivity index (χ1n) is 7.22. The number of likely N-dealkylation sites (tertiary alicyclic amines) is 1. The van der Waals surface area contributed by atoms with Crippen LogP contribution in [0.3, 0.4) is 0 Å². The highest BCUT2D eigenvalue weighted by molar-refractivity contribution is 5.85. The van der Waals surface area contributed by atoms with E-state index in [1.807, 2.05) is 11.8 Å². The van der Waals surface area contributed by atoms with E-state index >= 15 is 0 Å². The van der Waals surface area contributed by atoms with Crippen molar-refractivity contribution in [3.05, 3.63) is 17.7 Å². The average Bonchev–Trinajstić information content (AvgIpc) is 2.59. The third kappa shape index (κ3) is 4.34. The highest BCUT2D eigenvalue weighted by atomic mass is 35.5. The lowest BCUT2D eigenvalue weighted by Gasteiger charge is -2.28. The van der Waals surface area contributed by atoms with Crippen LogP contribution in [0.1, 0.15) is 30.7 Å². The zero-order chi connectivity index (χ0) is 13.2. The Kier molecular flexibility index (Phi) is 6.97. The molecule has 0 saturated carbocycles. The Balaban J connectivity index is 0.00000110. The molecule has 0 spiro atoms. The van der Waals surface area contributed by atoms with Crippen molar-refractivity contribution in [3.8, 4) is 0 Å². The molecule has 2 bridgehead atoms. The summed E-state index contributed by atoms with van der Waals surface area (Å²) >= 11 is 0. The van der Waals surface area contributed by atoms with Gasteiger partial charge in [0, 0.05) is 24.8 Å². The first kappa shape index (κ1) is 18.3. The molecule has 7 heteroatoms. The van der Waals surface area contributed by atoms with Crippen LogP contribution in [0.15, 0.2) is 6.33 Å². The van der Waals surface area contributed by atoms with E-state index in [0.717, 1.165) is 31.0 Å². The molecule has 2 saturated heterocycles. The summed E-state index contributed by atoms with van der Waals surface area (Å²) in [6.07, 6.45) is 5.82. The number of rotatable bonds is 2. The first-order valence-corrected chi connectivity index (χ1v) is 7.22. The molecule has 5 nitrogen and oxygen atoms in total. The molecule has 3 heterocycles. The van der Waals surface area contributed by atoms with Gasteiger partial charge in [0.1, 0.15) is 0 Å². The zero-order valence-corrected chi connectivity index (χ0v) is 13.9. The summed E-state index contributed by atoms with van der Waals surface area (Å²) in [6.45, 7) is 4.80. The molecule has 2 N–H and O–H groups in total. The van der Waals surface area contributed by atoms with E-state index in [1.54, 1.807) is 6.33 Å². The summed E-state index contributed by atoms with van der Waals surface area (Å²) in [5.41, 5.74) is 1.88. The number of fused-ring (bicyclic) bond motifs is 3. The summed E-state index contributed by atoms with van der Waals surface area (Å²) in [7, 11) is 0. The van der Waals surface area contributed by atoms with Crippen LogP contribution in [0, 0.1) is 12.8 Å². The molecule has 21 heavy (non-hydrogen) atoms. The Morgan fingerprint density at radius 1 is 1.38 bits per heavy atom. The first-order chi connectivity index (χ1) is 9.22. The Labute approximate surface area is 138 Å². The fourth-order valence-corrected chi connectivity index (χ4v) is 3.18. The standard InChI is InChI=1S/C14H22N4O.2ClH/c1-10-13(17-9-16-10)5-14(19)18-7-11-3-2-4-12(8-18)15-6-11;;/h9,11-12,15H,2-8H2,1H3,(H,16,17);2*1H/t11-,12-;;/m0../s1. The average molecular weight is 335 g/mol. The molecule has 120 valence electrons. The van der Waals surface area contributed by atoms with Crippen molar-refractivity contribution in [1.82, 2.24) is 20.2 Å². The number of amides is 1. The van der Waals surface area contributed by atoms with Crippen LogP contribution in [-0.2, 0) is 11.2 Å². The van der Waals surface area contributed by atoms with E-state index in [0.29, 0.717) is 18.4 Å². The van der Waals surface area contributed by atoms with Gasteiger partial charge in [0.15, 0.2) is 0 Å². The fraction of sp³-hybridized carbons (Fsp3) is 0.714. The van der Waals surface area contributed by atoms with Crippen LogP contribution in [0.2, 0.25) is 0 Å². The number of nitrogens with zero attached hydrogens (tertiary/aromatic N) is 2. The number of halogens is 2. The lowest BCUT2D eigenvalue weighted by molar-refractivity contribution is -0.131. The second-order valence-corrected chi connectivity index (χ2v) is 5.85. The third-order valence-electron chi connectivity index (χ3n) is 4.39. The summed E-state index contributed by atoms with van der Waals surface area (Å²) in [4.78, 5) is 21.8. The molecule has 2 atom stereocenters. The topological polar surface area (TPSA) is 61.0 Å². The van der Waals surface area contributed by atoms with Crippen LogP contribution in [0.5, 0.6) is 0 Å². The Morgan fingerprint density at radius 3 is 2.90 bits per heavy atom. The monoisotopic (exact) mass is 334 g/mol. The molecule has 3 rings (SSSR count). The van der Waals surface area contributed by atoms with Crippen molar-refractivity contribution in [2.24, 2.45) is 5.92 Å². The second kappa shape index (κ2) is 8.01. The molecular formula is C14H24Cl2N4O. The van der Waals surface area contributed by atoms with Gasteiger partial charge in [-0.15, -0.1) is 24.8 Å². The van der Waals surface area contributed by atoms with Crippen molar-refractivity contribution in [2.75, 3.05) is 19.6 Å². The molecule has 1 amide bonds. The molecule has 0 aromatic carbocycles. The number of carbonyl (C=O) groups is 1. The smallest absolute Gasteiger partial charge is 0.228 e. The number of H-pyrrole nitrogens is 1. The van der Waals surface area contributed by atoms with Gasteiger partial charge < -0.3 is 15.2 Å². The predicted molar refractivity (Wildman–Crippen MR) is 87.2 cm³/mol. The van der Waals surface area contributed by atoms with Crippen molar-refractivity contribution in [2.45, 2.75) is 38.6 Å². The molecule has 1 aromatic heterocycles. The van der Waals surface area contributed by atoms with Crippen molar-refractivity contribution < 1.29 is 4.79 Å². The van der Waals surface area contributed by atoms with Crippen LogP contribution in [0.4, 0.5) is 0 Å². The maximum atomic E-state index is 12.4. The molecule has 2 fully saturated rings. The molecule has 1 aromatic rings. The van der Waals surface area contributed by atoms with E-state index in [2.05, 4.69) is 15.3 Å². The lowest BCUT2D eigenvalue weighted by atomic mass is 9.99. The lowest BCUT2D eigenvalue weighted by Crippen LogP contribution is -2.42. The van der Waals surface area contributed by atoms with Gasteiger partial charge in [-0.1, -0.05) is 6.42 Å². The van der Waals surface area contributed by atoms with E-state index in [4.69, 9.17) is 0 Å².